The lowest BCUT2D eigenvalue weighted by Gasteiger charge is -2.33. The first-order valence-electron chi connectivity index (χ1n) is 26.2. The van der Waals surface area contributed by atoms with Crippen molar-refractivity contribution in [3.05, 3.63) is 24.3 Å². The van der Waals surface area contributed by atoms with Crippen molar-refractivity contribution in [3.8, 4) is 0 Å². The molecule has 0 radical (unpaired) electrons. The van der Waals surface area contributed by atoms with Gasteiger partial charge >= 0.3 is 5.97 Å². The largest absolute Gasteiger partial charge is 0.463 e. The zero-order chi connectivity index (χ0) is 44.4. The van der Waals surface area contributed by atoms with Crippen molar-refractivity contribution in [1.29, 1.82) is 0 Å². The van der Waals surface area contributed by atoms with Gasteiger partial charge in [-0.3, -0.25) is 4.79 Å². The highest BCUT2D eigenvalue weighted by Gasteiger charge is 2.23. The lowest BCUT2D eigenvalue weighted by molar-refractivity contribution is -0.893. The van der Waals surface area contributed by atoms with Gasteiger partial charge in [0.1, 0.15) is 19.3 Å². The normalized spacial score (nSPS) is 12.7. The van der Waals surface area contributed by atoms with E-state index in [-0.39, 0.29) is 25.3 Å². The quantitative estimate of drug-likeness (QED) is 0.0282. The smallest absolute Gasteiger partial charge is 0.305 e. The first kappa shape index (κ1) is 59.7. The van der Waals surface area contributed by atoms with Crippen molar-refractivity contribution < 1.29 is 38.1 Å². The van der Waals surface area contributed by atoms with Crippen LogP contribution in [0.4, 0.5) is 0 Å². The first-order valence-corrected chi connectivity index (χ1v) is 26.2. The number of carbonyl (C=O) groups is 1. The number of esters is 1. The van der Waals surface area contributed by atoms with E-state index in [4.69, 9.17) is 28.8 Å². The van der Waals surface area contributed by atoms with Crippen LogP contribution in [0.3, 0.4) is 0 Å². The molecule has 0 saturated heterocycles. The SMILES string of the molecule is CCCCCCCCC=CCCCCCCCCCOCC(C[N+](C)(C)CCCCC(=O)OCCOCCOCCO)OCCCCCCCCC=CCCCCCCCC. The summed E-state index contributed by atoms with van der Waals surface area (Å²) in [6.07, 6.45) is 50.2. The second-order valence-corrected chi connectivity index (χ2v) is 18.3. The third-order valence-corrected chi connectivity index (χ3v) is 11.6. The van der Waals surface area contributed by atoms with Crippen molar-refractivity contribution in [3.63, 3.8) is 0 Å². The lowest BCUT2D eigenvalue weighted by Crippen LogP contribution is -2.48. The maximum Gasteiger partial charge on any atom is 0.305 e. The molecule has 1 unspecified atom stereocenters. The van der Waals surface area contributed by atoms with Crippen molar-refractivity contribution in [1.82, 2.24) is 0 Å². The lowest BCUT2D eigenvalue weighted by atomic mass is 10.1. The number of hydrogen-bond donors (Lipinski definition) is 1. The highest BCUT2D eigenvalue weighted by molar-refractivity contribution is 5.69. The Morgan fingerprint density at radius 3 is 1.39 bits per heavy atom. The molecule has 0 aromatic rings. The molecule has 362 valence electrons. The van der Waals surface area contributed by atoms with E-state index in [9.17, 15) is 4.79 Å². The molecule has 0 saturated carbocycles. The van der Waals surface area contributed by atoms with Crippen LogP contribution in [0.25, 0.3) is 0 Å². The summed E-state index contributed by atoms with van der Waals surface area (Å²) in [6, 6.07) is 0. The number of allylic oxidation sites excluding steroid dienone is 4. The Bertz CT molecular complexity index is 926. The van der Waals surface area contributed by atoms with Crippen LogP contribution in [-0.4, -0.2) is 108 Å². The summed E-state index contributed by atoms with van der Waals surface area (Å²) >= 11 is 0. The van der Waals surface area contributed by atoms with E-state index >= 15 is 0 Å². The maximum absolute atomic E-state index is 12.2. The summed E-state index contributed by atoms with van der Waals surface area (Å²) < 4.78 is 29.5. The minimum atomic E-state index is -0.169. The predicted molar refractivity (Wildman–Crippen MR) is 259 cm³/mol. The average Bonchev–Trinajstić information content (AvgIpc) is 3.25. The zero-order valence-corrected chi connectivity index (χ0v) is 41.1. The second-order valence-electron chi connectivity index (χ2n) is 18.3. The average molecular weight is 867 g/mol. The van der Waals surface area contributed by atoms with Gasteiger partial charge in [0.15, 0.2) is 0 Å². The Labute approximate surface area is 379 Å². The monoisotopic (exact) mass is 867 g/mol. The van der Waals surface area contributed by atoms with Crippen molar-refractivity contribution in [2.24, 2.45) is 0 Å². The summed E-state index contributed by atoms with van der Waals surface area (Å²) in [5.74, 6) is -0.169. The predicted octanol–water partition coefficient (Wildman–Crippen LogP) is 13.7. The van der Waals surface area contributed by atoms with Gasteiger partial charge in [-0.15, -0.1) is 0 Å². The number of rotatable bonds is 51. The van der Waals surface area contributed by atoms with Crippen LogP contribution in [0.1, 0.15) is 219 Å². The number of quaternary nitrogens is 1. The van der Waals surface area contributed by atoms with Gasteiger partial charge in [-0.25, -0.2) is 0 Å². The van der Waals surface area contributed by atoms with Crippen LogP contribution in [0.2, 0.25) is 0 Å². The minimum Gasteiger partial charge on any atom is -0.463 e. The molecule has 1 N–H and O–H groups in total. The van der Waals surface area contributed by atoms with Crippen molar-refractivity contribution in [2.45, 2.75) is 225 Å². The van der Waals surface area contributed by atoms with E-state index in [1.54, 1.807) is 0 Å². The number of ether oxygens (including phenoxy) is 5. The van der Waals surface area contributed by atoms with E-state index in [0.717, 1.165) is 56.5 Å². The van der Waals surface area contributed by atoms with Gasteiger partial charge in [-0.1, -0.05) is 160 Å². The van der Waals surface area contributed by atoms with E-state index in [1.165, 1.54) is 173 Å². The third kappa shape index (κ3) is 49.6. The van der Waals surface area contributed by atoms with E-state index in [0.29, 0.717) is 39.5 Å². The highest BCUT2D eigenvalue weighted by atomic mass is 16.6. The summed E-state index contributed by atoms with van der Waals surface area (Å²) in [4.78, 5) is 12.2. The molecule has 8 nitrogen and oxygen atoms in total. The molecule has 0 spiro atoms. The Kier molecular flexibility index (Phi) is 48.7. The summed E-state index contributed by atoms with van der Waals surface area (Å²) in [6.45, 7) is 10.5. The van der Waals surface area contributed by atoms with Crippen LogP contribution in [-0.2, 0) is 28.5 Å². The highest BCUT2D eigenvalue weighted by Crippen LogP contribution is 2.14. The molecule has 0 aromatic carbocycles. The molecule has 0 amide bonds. The number of aliphatic hydroxyl groups excluding tert-OH is 1. The number of unbranched alkanes of at least 4 members (excludes halogenated alkanes) is 26. The molecule has 0 heterocycles. The maximum atomic E-state index is 12.2. The first-order chi connectivity index (χ1) is 29.9. The molecule has 0 aliphatic carbocycles. The molecule has 0 bridgehead atoms. The van der Waals surface area contributed by atoms with E-state index < -0.39 is 0 Å². The number of likely N-dealkylation sites (N-methyl/N-ethyl adjacent to an activating group) is 1. The Hall–Kier alpha value is -1.29. The van der Waals surface area contributed by atoms with Gasteiger partial charge in [-0.05, 0) is 77.0 Å². The fraction of sp³-hybridized carbons (Fsp3) is 0.906. The van der Waals surface area contributed by atoms with Crippen LogP contribution in [0, 0.1) is 0 Å². The second kappa shape index (κ2) is 49.7. The molecule has 0 rings (SSSR count). The molecular formula is C53H104NO7+. The topological polar surface area (TPSA) is 83.5 Å². The molecule has 0 aliphatic rings. The Morgan fingerprint density at radius 1 is 0.475 bits per heavy atom. The van der Waals surface area contributed by atoms with Crippen molar-refractivity contribution in [2.75, 3.05) is 86.6 Å². The summed E-state index contributed by atoms with van der Waals surface area (Å²) in [5, 5.41) is 8.73. The van der Waals surface area contributed by atoms with E-state index in [2.05, 4.69) is 52.2 Å². The van der Waals surface area contributed by atoms with E-state index in [1.807, 2.05) is 0 Å². The van der Waals surface area contributed by atoms with Gasteiger partial charge in [-0.2, -0.15) is 0 Å². The molecule has 0 aromatic heterocycles. The summed E-state index contributed by atoms with van der Waals surface area (Å²) in [7, 11) is 4.54. The van der Waals surface area contributed by atoms with Gasteiger partial charge in [0, 0.05) is 19.6 Å². The van der Waals surface area contributed by atoms with Crippen molar-refractivity contribution >= 4 is 5.97 Å². The van der Waals surface area contributed by atoms with Gasteiger partial charge in [0.05, 0.1) is 60.3 Å². The number of nitrogens with zero attached hydrogens (tertiary/aromatic N) is 1. The molecule has 61 heavy (non-hydrogen) atoms. The molecule has 0 fully saturated rings. The van der Waals surface area contributed by atoms with Gasteiger partial charge in [0.2, 0.25) is 0 Å². The molecule has 8 heteroatoms. The van der Waals surface area contributed by atoms with Crippen LogP contribution in [0.5, 0.6) is 0 Å². The molecule has 0 aliphatic heterocycles. The minimum absolute atomic E-state index is 0.00716. The zero-order valence-electron chi connectivity index (χ0n) is 41.1. The molecule has 1 atom stereocenters. The Morgan fingerprint density at radius 2 is 0.902 bits per heavy atom. The molecular weight excluding hydrogens is 763 g/mol. The van der Waals surface area contributed by atoms with Crippen LogP contribution >= 0.6 is 0 Å². The van der Waals surface area contributed by atoms with Gasteiger partial charge in [0.25, 0.3) is 0 Å². The number of hydrogen-bond acceptors (Lipinski definition) is 7. The fourth-order valence-corrected chi connectivity index (χ4v) is 7.72. The fourth-order valence-electron chi connectivity index (χ4n) is 7.72. The summed E-state index contributed by atoms with van der Waals surface area (Å²) in [5.41, 5.74) is 0. The third-order valence-electron chi connectivity index (χ3n) is 11.6. The van der Waals surface area contributed by atoms with Crippen LogP contribution < -0.4 is 0 Å². The van der Waals surface area contributed by atoms with Gasteiger partial charge < -0.3 is 33.3 Å². The number of carbonyl (C=O) groups excluding carboxylic acids is 1. The number of aliphatic hydroxyl groups is 1. The Balaban J connectivity index is 4.32. The van der Waals surface area contributed by atoms with Crippen LogP contribution in [0.15, 0.2) is 24.3 Å². The standard InChI is InChI=1S/C53H104NO7/c1-5-7-9-11-13-15-17-19-21-23-24-26-28-30-32-34-38-43-59-51-52(60-44-39-35-33-31-29-27-25-22-20-18-16-14-12-10-8-6-2)50-54(3,4)41-37-36-40-53(56)61-49-48-58-47-46-57-45-42-55/h19-22,52,55H,5-18,23-51H2,1-4H3/q+1.